The number of esters is 2. The zero-order chi connectivity index (χ0) is 35.4. The number of carbonyl (C=O) groups is 2. The molecule has 8 nitrogen and oxygen atoms in total. The maximum atomic E-state index is 12.4. The summed E-state index contributed by atoms with van der Waals surface area (Å²) in [5.41, 5.74) is 0. The van der Waals surface area contributed by atoms with Gasteiger partial charge in [0.25, 0.3) is 0 Å². The molecule has 0 amide bonds. The Balaban J connectivity index is 3.98. The summed E-state index contributed by atoms with van der Waals surface area (Å²) < 4.78 is 26.3. The first-order chi connectivity index (χ1) is 23.3. The molecule has 0 aromatic carbocycles. The maximum Gasteiger partial charge on any atom is 0.469 e. The average Bonchev–Trinajstić information content (AvgIpc) is 3.05. The van der Waals surface area contributed by atoms with E-state index in [1.54, 1.807) is 0 Å². The van der Waals surface area contributed by atoms with Crippen molar-refractivity contribution >= 4 is 19.8 Å². The normalized spacial score (nSPS) is 12.8. The highest BCUT2D eigenvalue weighted by atomic mass is 31.2. The Hall–Kier alpha value is -1.73. The third-order valence-electron chi connectivity index (χ3n) is 8.16. The summed E-state index contributed by atoms with van der Waals surface area (Å²) in [5.74, 6) is -0.904. The molecular weight excluding hydrogens is 627 g/mol. The van der Waals surface area contributed by atoms with Crippen LogP contribution in [0.5, 0.6) is 0 Å². The molecule has 0 aliphatic carbocycles. The molecule has 280 valence electrons. The Morgan fingerprint density at radius 2 is 0.958 bits per heavy atom. The van der Waals surface area contributed by atoms with E-state index in [-0.39, 0.29) is 19.4 Å². The molecule has 0 rings (SSSR count). The molecule has 1 atom stereocenters. The number of phosphoric ester groups is 1. The molecule has 0 aromatic rings. The van der Waals surface area contributed by atoms with E-state index in [1.165, 1.54) is 83.5 Å². The highest BCUT2D eigenvalue weighted by Gasteiger charge is 2.22. The van der Waals surface area contributed by atoms with E-state index in [2.05, 4.69) is 54.8 Å². The van der Waals surface area contributed by atoms with Crippen molar-refractivity contribution in [3.8, 4) is 0 Å². The molecule has 0 aliphatic heterocycles. The molecule has 0 bridgehead atoms. The van der Waals surface area contributed by atoms with Crippen molar-refractivity contribution in [2.45, 2.75) is 187 Å². The molecule has 0 aliphatic rings. The molecule has 0 aromatic heterocycles. The predicted molar refractivity (Wildman–Crippen MR) is 198 cm³/mol. The standard InChI is InChI=1S/C39H71O8P/c1-3-5-7-9-11-13-15-17-19-21-23-25-27-29-31-33-38(40)45-35-37(36-46-48(42,43)44)47-39(41)34-32-30-28-26-24-22-20-18-16-14-12-10-8-6-4-2/h9,11,14,16,18,20,37H,3-8,10,12-13,15,17,19,21-36H2,1-2H3,(H2,42,43,44)/b11-9+,16-14+,20-18+/t37-/m1/s1. The summed E-state index contributed by atoms with van der Waals surface area (Å²) in [6.07, 6.45) is 40.0. The van der Waals surface area contributed by atoms with Crippen LogP contribution in [0.15, 0.2) is 36.5 Å². The van der Waals surface area contributed by atoms with Crippen LogP contribution in [0.1, 0.15) is 181 Å². The number of unbranched alkanes of at least 4 members (excludes halogenated alkanes) is 20. The number of hydrogen-bond donors (Lipinski definition) is 2. The van der Waals surface area contributed by atoms with Crippen molar-refractivity contribution in [2.75, 3.05) is 13.2 Å². The lowest BCUT2D eigenvalue weighted by Crippen LogP contribution is -2.29. The van der Waals surface area contributed by atoms with Gasteiger partial charge in [-0.05, 0) is 57.8 Å². The van der Waals surface area contributed by atoms with Gasteiger partial charge in [0.05, 0.1) is 6.61 Å². The zero-order valence-corrected chi connectivity index (χ0v) is 31.5. The highest BCUT2D eigenvalue weighted by molar-refractivity contribution is 7.46. The van der Waals surface area contributed by atoms with Crippen LogP contribution in [0.3, 0.4) is 0 Å². The summed E-state index contributed by atoms with van der Waals surface area (Å²) in [7, 11) is -4.75. The maximum absolute atomic E-state index is 12.4. The molecule has 0 radical (unpaired) electrons. The number of allylic oxidation sites excluding steroid dienone is 6. The molecule has 9 heteroatoms. The van der Waals surface area contributed by atoms with Crippen molar-refractivity contribution in [3.63, 3.8) is 0 Å². The SMILES string of the molecule is CCCC/C=C/CCCCCCCCCCCC(=O)OC[C@H](COP(=O)(O)O)OC(=O)CCCCCCC/C=C/C=C/CCCCCC. The van der Waals surface area contributed by atoms with Crippen LogP contribution in [0.4, 0.5) is 0 Å². The van der Waals surface area contributed by atoms with Gasteiger partial charge in [0.2, 0.25) is 0 Å². The van der Waals surface area contributed by atoms with Crippen molar-refractivity contribution in [1.29, 1.82) is 0 Å². The third kappa shape index (κ3) is 37.1. The first-order valence-corrected chi connectivity index (χ1v) is 20.8. The van der Waals surface area contributed by atoms with Gasteiger partial charge in [-0.25, -0.2) is 4.57 Å². The highest BCUT2D eigenvalue weighted by Crippen LogP contribution is 2.36. The fourth-order valence-electron chi connectivity index (χ4n) is 5.23. The van der Waals surface area contributed by atoms with Crippen LogP contribution in [0.2, 0.25) is 0 Å². The lowest BCUT2D eigenvalue weighted by molar-refractivity contribution is -0.161. The fourth-order valence-corrected chi connectivity index (χ4v) is 5.59. The fraction of sp³-hybridized carbons (Fsp3) is 0.795. The molecule has 0 saturated carbocycles. The van der Waals surface area contributed by atoms with E-state index >= 15 is 0 Å². The monoisotopic (exact) mass is 698 g/mol. The van der Waals surface area contributed by atoms with Gasteiger partial charge >= 0.3 is 19.8 Å². The van der Waals surface area contributed by atoms with Gasteiger partial charge in [0, 0.05) is 12.8 Å². The van der Waals surface area contributed by atoms with Gasteiger partial charge in [0.15, 0.2) is 6.10 Å². The van der Waals surface area contributed by atoms with Gasteiger partial charge in [-0.3, -0.25) is 14.1 Å². The van der Waals surface area contributed by atoms with Crippen LogP contribution >= 0.6 is 7.82 Å². The minimum atomic E-state index is -4.75. The van der Waals surface area contributed by atoms with Crippen LogP contribution in [-0.2, 0) is 28.2 Å². The van der Waals surface area contributed by atoms with Gasteiger partial charge in [-0.15, -0.1) is 0 Å². The Kier molecular flexibility index (Phi) is 33.8. The van der Waals surface area contributed by atoms with Crippen LogP contribution in [0, 0.1) is 0 Å². The summed E-state index contributed by atoms with van der Waals surface area (Å²) in [5, 5.41) is 0. The summed E-state index contributed by atoms with van der Waals surface area (Å²) in [6, 6.07) is 0. The van der Waals surface area contributed by atoms with Crippen LogP contribution < -0.4 is 0 Å². The quantitative estimate of drug-likeness (QED) is 0.0221. The van der Waals surface area contributed by atoms with E-state index in [9.17, 15) is 14.2 Å². The molecule has 0 saturated heterocycles. The van der Waals surface area contributed by atoms with Crippen LogP contribution in [0.25, 0.3) is 0 Å². The van der Waals surface area contributed by atoms with Gasteiger partial charge < -0.3 is 19.3 Å². The Morgan fingerprint density at radius 3 is 1.46 bits per heavy atom. The van der Waals surface area contributed by atoms with E-state index in [1.807, 2.05) is 0 Å². The van der Waals surface area contributed by atoms with Crippen LogP contribution in [-0.4, -0.2) is 41.0 Å². The summed E-state index contributed by atoms with van der Waals surface area (Å²) in [4.78, 5) is 42.7. The Bertz CT molecular complexity index is 879. The summed E-state index contributed by atoms with van der Waals surface area (Å²) >= 11 is 0. The smallest absolute Gasteiger partial charge is 0.462 e. The third-order valence-corrected chi connectivity index (χ3v) is 8.64. The molecular formula is C39H71O8P. The van der Waals surface area contributed by atoms with E-state index < -0.39 is 32.5 Å². The van der Waals surface area contributed by atoms with E-state index in [4.69, 9.17) is 19.3 Å². The number of phosphoric acid groups is 1. The first-order valence-electron chi connectivity index (χ1n) is 19.3. The van der Waals surface area contributed by atoms with Crippen molar-refractivity contribution in [1.82, 2.24) is 0 Å². The second-order valence-electron chi connectivity index (χ2n) is 12.9. The average molecular weight is 699 g/mol. The predicted octanol–water partition coefficient (Wildman–Crippen LogP) is 11.4. The first kappa shape index (κ1) is 46.3. The topological polar surface area (TPSA) is 119 Å². The van der Waals surface area contributed by atoms with Gasteiger partial charge in [-0.1, -0.05) is 147 Å². The summed E-state index contributed by atoms with van der Waals surface area (Å²) in [6.45, 7) is 3.61. The second kappa shape index (κ2) is 35.1. The zero-order valence-electron chi connectivity index (χ0n) is 30.6. The minimum Gasteiger partial charge on any atom is -0.462 e. The lowest BCUT2D eigenvalue weighted by atomic mass is 10.1. The molecule has 48 heavy (non-hydrogen) atoms. The molecule has 0 spiro atoms. The van der Waals surface area contributed by atoms with Crippen molar-refractivity contribution in [2.24, 2.45) is 0 Å². The van der Waals surface area contributed by atoms with Crippen molar-refractivity contribution < 1.29 is 37.9 Å². The van der Waals surface area contributed by atoms with Gasteiger partial charge in [0.1, 0.15) is 6.61 Å². The largest absolute Gasteiger partial charge is 0.469 e. The Morgan fingerprint density at radius 1 is 0.542 bits per heavy atom. The number of carbonyl (C=O) groups excluding carboxylic acids is 2. The molecule has 0 unspecified atom stereocenters. The van der Waals surface area contributed by atoms with E-state index in [0.29, 0.717) is 6.42 Å². The van der Waals surface area contributed by atoms with E-state index in [0.717, 1.165) is 64.2 Å². The van der Waals surface area contributed by atoms with Crippen molar-refractivity contribution in [3.05, 3.63) is 36.5 Å². The minimum absolute atomic E-state index is 0.194. The molecule has 2 N–H and O–H groups in total. The number of ether oxygens (including phenoxy) is 2. The van der Waals surface area contributed by atoms with Gasteiger partial charge in [-0.2, -0.15) is 0 Å². The lowest BCUT2D eigenvalue weighted by Gasteiger charge is -2.18. The number of hydrogen-bond acceptors (Lipinski definition) is 6. The Labute approximate surface area is 293 Å². The number of rotatable bonds is 35. The molecule has 0 fully saturated rings. The molecule has 0 heterocycles. The second-order valence-corrected chi connectivity index (χ2v) is 14.2.